The van der Waals surface area contributed by atoms with Crippen molar-refractivity contribution in [3.05, 3.63) is 16.6 Å². The van der Waals surface area contributed by atoms with E-state index in [1.54, 1.807) is 0 Å². The monoisotopic (exact) mass is 181 g/mol. The highest BCUT2D eigenvalue weighted by Crippen LogP contribution is 2.29. The fourth-order valence-corrected chi connectivity index (χ4v) is 1.03. The van der Waals surface area contributed by atoms with Gasteiger partial charge in [-0.05, 0) is 0 Å². The molecule has 0 aliphatic carbocycles. The van der Waals surface area contributed by atoms with Crippen molar-refractivity contribution in [2.75, 3.05) is 0 Å². The van der Waals surface area contributed by atoms with E-state index < -0.39 is 12.2 Å². The molecule has 0 bridgehead atoms. The predicted octanol–water partition coefficient (Wildman–Crippen LogP) is 1.51. The Labute approximate surface area is 64.9 Å². The van der Waals surface area contributed by atoms with Crippen molar-refractivity contribution in [2.24, 2.45) is 5.73 Å². The van der Waals surface area contributed by atoms with Gasteiger partial charge in [0.05, 0.1) is 5.69 Å². The summed E-state index contributed by atoms with van der Waals surface area (Å²) in [6.45, 7) is 0. The van der Waals surface area contributed by atoms with Crippen LogP contribution in [0.4, 0.5) is 13.2 Å². The Balaban J connectivity index is 2.78. The largest absolute Gasteiger partial charge is 0.409 e. The molecule has 61 valence electrons. The number of alkyl halides is 3. The number of halogens is 3. The summed E-state index contributed by atoms with van der Waals surface area (Å²) in [4.78, 5) is 3.33. The highest BCUT2D eigenvalue weighted by atomic mass is 32.1. The molecule has 2 nitrogen and oxygen atoms in total. The van der Waals surface area contributed by atoms with E-state index in [4.69, 9.17) is 5.73 Å². The molecule has 1 unspecified atom stereocenters. The maximum absolute atomic E-state index is 11.8. The average molecular weight is 181 g/mol. The predicted molar refractivity (Wildman–Crippen MR) is 33.9 cm³/mol. The minimum Gasteiger partial charge on any atom is -0.315 e. The van der Waals surface area contributed by atoms with Gasteiger partial charge in [-0.1, -0.05) is 0 Å². The van der Waals surface area contributed by atoms with Crippen LogP contribution in [-0.2, 0) is 0 Å². The maximum atomic E-state index is 11.8. The Bertz CT molecular complexity index is 218. The lowest BCUT2D eigenvalue weighted by Gasteiger charge is -2.12. The van der Waals surface area contributed by atoms with Crippen molar-refractivity contribution in [1.82, 2.24) is 4.98 Å². The van der Waals surface area contributed by atoms with Gasteiger partial charge in [0.2, 0.25) is 0 Å². The fraction of sp³-hybridized carbons (Fsp3) is 0.400. The summed E-state index contributed by atoms with van der Waals surface area (Å²) in [6.07, 6.45) is -4.41. The molecule has 11 heavy (non-hydrogen) atoms. The van der Waals surface area contributed by atoms with Crippen molar-refractivity contribution in [1.29, 1.82) is 0 Å². The molecule has 1 heterocycles. The zero-order valence-corrected chi connectivity index (χ0v) is 6.04. The van der Waals surface area contributed by atoms with Crippen molar-refractivity contribution in [3.63, 3.8) is 0 Å². The summed E-state index contributed by atoms with van der Waals surface area (Å²) in [6, 6.07) is -1.98. The van der Waals surface area contributed by atoms with Crippen molar-refractivity contribution in [2.45, 2.75) is 12.2 Å². The number of aromatic nitrogens is 1. The Morgan fingerprint density at radius 2 is 2.27 bits per heavy atom. The Morgan fingerprint density at radius 3 is 2.64 bits per heavy atom. The second-order valence-electron chi connectivity index (χ2n) is 1.88. The number of rotatable bonds is 1. The maximum Gasteiger partial charge on any atom is 0.409 e. The van der Waals surface area contributed by atoms with Crippen LogP contribution < -0.4 is 5.73 Å². The van der Waals surface area contributed by atoms with Crippen LogP contribution in [0.3, 0.4) is 0 Å². The Morgan fingerprint density at radius 1 is 1.64 bits per heavy atom. The quantitative estimate of drug-likeness (QED) is 0.713. The third-order valence-corrected chi connectivity index (χ3v) is 1.63. The van der Waals surface area contributed by atoms with Gasteiger partial charge in [0, 0.05) is 5.38 Å². The highest BCUT2D eigenvalue weighted by molar-refractivity contribution is 7.07. The lowest BCUT2D eigenvalue weighted by molar-refractivity contribution is -0.149. The topological polar surface area (TPSA) is 38.9 Å². The smallest absolute Gasteiger partial charge is 0.315 e. The summed E-state index contributed by atoms with van der Waals surface area (Å²) in [5, 5.41) is 1.23. The van der Waals surface area contributed by atoms with Crippen LogP contribution in [0, 0.1) is 5.51 Å². The first-order valence-electron chi connectivity index (χ1n) is 2.65. The van der Waals surface area contributed by atoms with Crippen molar-refractivity contribution >= 4 is 11.3 Å². The van der Waals surface area contributed by atoms with Gasteiger partial charge in [0.25, 0.3) is 0 Å². The molecular formula is C5H4F3N2S. The van der Waals surface area contributed by atoms with E-state index in [9.17, 15) is 13.2 Å². The standard InChI is InChI=1S/C5H4F3N2S/c6-5(7,8)4(9)3-1-11-2-10-3/h1,4H,9H2. The third-order valence-electron chi connectivity index (χ3n) is 1.08. The summed E-state index contributed by atoms with van der Waals surface area (Å²) in [5.41, 5.74) is 6.93. The average Bonchev–Trinajstić information content (AvgIpc) is 2.34. The molecule has 0 aliphatic heterocycles. The molecule has 1 atom stereocenters. The zero-order valence-electron chi connectivity index (χ0n) is 5.22. The van der Waals surface area contributed by atoms with Gasteiger partial charge in [0.1, 0.15) is 6.04 Å². The van der Waals surface area contributed by atoms with E-state index in [0.29, 0.717) is 0 Å². The molecule has 0 amide bonds. The number of nitrogens with two attached hydrogens (primary N) is 1. The molecule has 0 saturated carbocycles. The lowest BCUT2D eigenvalue weighted by atomic mass is 10.2. The molecule has 0 spiro atoms. The normalized spacial score (nSPS) is 14.9. The van der Waals surface area contributed by atoms with E-state index in [-0.39, 0.29) is 5.69 Å². The lowest BCUT2D eigenvalue weighted by Crippen LogP contribution is -2.28. The van der Waals surface area contributed by atoms with E-state index in [1.807, 2.05) is 0 Å². The Hall–Kier alpha value is -0.620. The summed E-state index contributed by atoms with van der Waals surface area (Å²) >= 11 is 0.968. The SMILES string of the molecule is NC(c1cs[c]n1)C(F)(F)F. The van der Waals surface area contributed by atoms with Crippen LogP contribution in [0.5, 0.6) is 0 Å². The van der Waals surface area contributed by atoms with Gasteiger partial charge in [-0.25, -0.2) is 4.98 Å². The number of hydrogen-bond acceptors (Lipinski definition) is 3. The van der Waals surface area contributed by atoms with E-state index in [1.165, 1.54) is 5.38 Å². The first-order valence-corrected chi connectivity index (χ1v) is 3.53. The van der Waals surface area contributed by atoms with E-state index >= 15 is 0 Å². The molecule has 0 aliphatic rings. The van der Waals surface area contributed by atoms with Crippen LogP contribution in [-0.4, -0.2) is 11.2 Å². The van der Waals surface area contributed by atoms with Gasteiger partial charge in [-0.2, -0.15) is 13.2 Å². The molecule has 0 fully saturated rings. The highest BCUT2D eigenvalue weighted by Gasteiger charge is 2.38. The minimum absolute atomic E-state index is 0.178. The van der Waals surface area contributed by atoms with Crippen LogP contribution in [0.25, 0.3) is 0 Å². The van der Waals surface area contributed by atoms with Crippen LogP contribution >= 0.6 is 11.3 Å². The molecule has 2 N–H and O–H groups in total. The molecular weight excluding hydrogens is 177 g/mol. The second kappa shape index (κ2) is 2.78. The molecule has 1 aromatic heterocycles. The van der Waals surface area contributed by atoms with Gasteiger partial charge < -0.3 is 5.73 Å². The molecule has 0 saturated heterocycles. The first kappa shape index (κ1) is 8.48. The zero-order chi connectivity index (χ0) is 8.48. The Kier molecular flexibility index (Phi) is 2.15. The minimum atomic E-state index is -4.41. The van der Waals surface area contributed by atoms with Gasteiger partial charge in [-0.3, -0.25) is 0 Å². The van der Waals surface area contributed by atoms with Crippen LogP contribution in [0.15, 0.2) is 5.38 Å². The molecule has 1 aromatic rings. The first-order chi connectivity index (χ1) is 5.02. The van der Waals surface area contributed by atoms with Crippen LogP contribution in [0.2, 0.25) is 0 Å². The van der Waals surface area contributed by atoms with Crippen molar-refractivity contribution in [3.8, 4) is 0 Å². The van der Waals surface area contributed by atoms with Gasteiger partial charge in [-0.15, -0.1) is 11.3 Å². The molecule has 0 aromatic carbocycles. The van der Waals surface area contributed by atoms with Gasteiger partial charge >= 0.3 is 6.18 Å². The van der Waals surface area contributed by atoms with E-state index in [0.717, 1.165) is 11.3 Å². The van der Waals surface area contributed by atoms with E-state index in [2.05, 4.69) is 10.5 Å². The van der Waals surface area contributed by atoms with Crippen LogP contribution in [0.1, 0.15) is 11.7 Å². The third kappa shape index (κ3) is 1.90. The summed E-state index contributed by atoms with van der Waals surface area (Å²) in [7, 11) is 0. The number of nitrogens with zero attached hydrogens (tertiary/aromatic N) is 1. The molecule has 6 heteroatoms. The molecule has 1 rings (SSSR count). The number of thiazole rings is 1. The summed E-state index contributed by atoms with van der Waals surface area (Å²) in [5.74, 6) is 0. The fourth-order valence-electron chi connectivity index (χ4n) is 0.503. The molecule has 1 radical (unpaired) electrons. The number of hydrogen-bond donors (Lipinski definition) is 1. The summed E-state index contributed by atoms with van der Waals surface area (Å²) < 4.78 is 35.5. The van der Waals surface area contributed by atoms with Crippen molar-refractivity contribution < 1.29 is 13.2 Å². The second-order valence-corrected chi connectivity index (χ2v) is 2.54. The van der Waals surface area contributed by atoms with Gasteiger partial charge in [0.15, 0.2) is 5.51 Å².